The molecule has 4 heteroatoms. The van der Waals surface area contributed by atoms with Gasteiger partial charge in [0.1, 0.15) is 0 Å². The van der Waals surface area contributed by atoms with Gasteiger partial charge in [-0.1, -0.05) is 12.1 Å². The summed E-state index contributed by atoms with van der Waals surface area (Å²) in [5, 5.41) is 14.7. The van der Waals surface area contributed by atoms with E-state index in [1.807, 2.05) is 31.3 Å². The van der Waals surface area contributed by atoms with Crippen molar-refractivity contribution in [1.82, 2.24) is 5.32 Å². The molecule has 0 aliphatic carbocycles. The van der Waals surface area contributed by atoms with Gasteiger partial charge in [-0.05, 0) is 50.6 Å². The lowest BCUT2D eigenvalue weighted by Crippen LogP contribution is -2.15. The summed E-state index contributed by atoms with van der Waals surface area (Å²) in [5.74, 6) is 0.0459. The zero-order valence-corrected chi connectivity index (χ0v) is 10.9. The Hall–Kier alpha value is -1.39. The maximum atomic E-state index is 11.6. The predicted octanol–water partition coefficient (Wildman–Crippen LogP) is 1.55. The fraction of sp³-hybridized carbons (Fsp3) is 0.500. The van der Waals surface area contributed by atoms with Crippen molar-refractivity contribution in [2.45, 2.75) is 25.7 Å². The Morgan fingerprint density at radius 1 is 1.33 bits per heavy atom. The van der Waals surface area contributed by atoms with Crippen molar-refractivity contribution in [3.05, 3.63) is 29.8 Å². The molecule has 0 saturated carbocycles. The van der Waals surface area contributed by atoms with Gasteiger partial charge >= 0.3 is 0 Å². The number of amides is 1. The van der Waals surface area contributed by atoms with E-state index in [1.54, 1.807) is 0 Å². The highest BCUT2D eigenvalue weighted by Gasteiger charge is 2.02. The molecule has 0 atom stereocenters. The lowest BCUT2D eigenvalue weighted by molar-refractivity contribution is -0.116. The van der Waals surface area contributed by atoms with E-state index >= 15 is 0 Å². The third kappa shape index (κ3) is 5.80. The fourth-order valence-corrected chi connectivity index (χ4v) is 1.74. The Labute approximate surface area is 108 Å². The maximum Gasteiger partial charge on any atom is 0.224 e. The molecule has 1 amide bonds. The number of carbonyl (C=O) groups excluding carboxylic acids is 1. The zero-order valence-electron chi connectivity index (χ0n) is 10.9. The normalized spacial score (nSPS) is 10.3. The van der Waals surface area contributed by atoms with Gasteiger partial charge in [0.05, 0.1) is 0 Å². The van der Waals surface area contributed by atoms with Crippen LogP contribution in [0.4, 0.5) is 5.69 Å². The largest absolute Gasteiger partial charge is 0.396 e. The molecular weight excluding hydrogens is 228 g/mol. The van der Waals surface area contributed by atoms with Crippen LogP contribution in [0, 0.1) is 0 Å². The molecule has 0 aromatic heterocycles. The van der Waals surface area contributed by atoms with Crippen molar-refractivity contribution in [2.75, 3.05) is 25.5 Å². The molecule has 4 nitrogen and oxygen atoms in total. The second-order valence-electron chi connectivity index (χ2n) is 4.28. The first-order valence-electron chi connectivity index (χ1n) is 6.40. The van der Waals surface area contributed by atoms with Crippen LogP contribution in [-0.4, -0.2) is 31.2 Å². The number of benzene rings is 1. The number of aryl methyl sites for hydroxylation is 1. The number of anilines is 1. The predicted molar refractivity (Wildman–Crippen MR) is 73.6 cm³/mol. The van der Waals surface area contributed by atoms with E-state index in [1.165, 1.54) is 0 Å². The van der Waals surface area contributed by atoms with E-state index in [0.717, 1.165) is 37.1 Å². The summed E-state index contributed by atoms with van der Waals surface area (Å²) in [6, 6.07) is 7.78. The molecule has 1 aromatic rings. The van der Waals surface area contributed by atoms with E-state index in [4.69, 9.17) is 5.11 Å². The van der Waals surface area contributed by atoms with Gasteiger partial charge in [0.25, 0.3) is 0 Å². The number of aliphatic hydroxyl groups excluding tert-OH is 1. The topological polar surface area (TPSA) is 61.4 Å². The number of hydrogen-bond acceptors (Lipinski definition) is 3. The third-order valence-corrected chi connectivity index (χ3v) is 2.66. The number of hydrogen-bond donors (Lipinski definition) is 3. The molecule has 0 spiro atoms. The lowest BCUT2D eigenvalue weighted by Gasteiger charge is -2.07. The Morgan fingerprint density at radius 3 is 2.89 bits per heavy atom. The number of nitrogens with one attached hydrogen (secondary N) is 2. The minimum atomic E-state index is 0.0459. The number of rotatable bonds is 8. The summed E-state index contributed by atoms with van der Waals surface area (Å²) in [7, 11) is 1.88. The highest BCUT2D eigenvalue weighted by Crippen LogP contribution is 2.12. The molecule has 0 unspecified atom stereocenters. The van der Waals surface area contributed by atoms with E-state index in [-0.39, 0.29) is 12.5 Å². The second kappa shape index (κ2) is 8.66. The van der Waals surface area contributed by atoms with Gasteiger partial charge in [-0.2, -0.15) is 0 Å². The first-order valence-corrected chi connectivity index (χ1v) is 6.40. The van der Waals surface area contributed by atoms with Crippen LogP contribution in [0.15, 0.2) is 24.3 Å². The Kier molecular flexibility index (Phi) is 7.06. The Balaban J connectivity index is 2.43. The van der Waals surface area contributed by atoms with Crippen LogP contribution in [0.1, 0.15) is 24.8 Å². The van der Waals surface area contributed by atoms with Gasteiger partial charge in [-0.3, -0.25) is 4.79 Å². The van der Waals surface area contributed by atoms with Gasteiger partial charge in [0.15, 0.2) is 0 Å². The fourth-order valence-electron chi connectivity index (χ4n) is 1.74. The van der Waals surface area contributed by atoms with E-state index < -0.39 is 0 Å². The first-order chi connectivity index (χ1) is 8.76. The minimum Gasteiger partial charge on any atom is -0.396 e. The summed E-state index contributed by atoms with van der Waals surface area (Å²) >= 11 is 0. The monoisotopic (exact) mass is 250 g/mol. The molecular formula is C14H22N2O2. The standard InChI is InChI=1S/C14H22N2O2/c1-15-9-3-8-14(18)16-13-7-2-5-12(11-13)6-4-10-17/h2,5,7,11,15,17H,3-4,6,8-10H2,1H3,(H,16,18). The highest BCUT2D eigenvalue weighted by molar-refractivity contribution is 5.90. The molecule has 0 heterocycles. The first kappa shape index (κ1) is 14.7. The molecule has 100 valence electrons. The lowest BCUT2D eigenvalue weighted by atomic mass is 10.1. The maximum absolute atomic E-state index is 11.6. The summed E-state index contributed by atoms with van der Waals surface area (Å²) < 4.78 is 0. The van der Waals surface area contributed by atoms with Crippen molar-refractivity contribution in [2.24, 2.45) is 0 Å². The summed E-state index contributed by atoms with van der Waals surface area (Å²) in [4.78, 5) is 11.6. The molecule has 1 aromatic carbocycles. The molecule has 1 rings (SSSR count). The molecule has 0 aliphatic rings. The van der Waals surface area contributed by atoms with Gasteiger partial charge in [-0.15, -0.1) is 0 Å². The van der Waals surface area contributed by atoms with Crippen LogP contribution in [0.2, 0.25) is 0 Å². The summed E-state index contributed by atoms with van der Waals surface area (Å²) in [5.41, 5.74) is 1.97. The van der Waals surface area contributed by atoms with Gasteiger partial charge in [0, 0.05) is 18.7 Å². The van der Waals surface area contributed by atoms with E-state index in [0.29, 0.717) is 6.42 Å². The highest BCUT2D eigenvalue weighted by atomic mass is 16.2. The van der Waals surface area contributed by atoms with Crippen molar-refractivity contribution < 1.29 is 9.90 Å². The summed E-state index contributed by atoms with van der Waals surface area (Å²) in [6.07, 6.45) is 2.95. The third-order valence-electron chi connectivity index (χ3n) is 2.66. The minimum absolute atomic E-state index is 0.0459. The Morgan fingerprint density at radius 2 is 2.17 bits per heavy atom. The van der Waals surface area contributed by atoms with Crippen LogP contribution >= 0.6 is 0 Å². The zero-order chi connectivity index (χ0) is 13.2. The number of aliphatic hydroxyl groups is 1. The molecule has 18 heavy (non-hydrogen) atoms. The van der Waals surface area contributed by atoms with Crippen molar-refractivity contribution in [3.63, 3.8) is 0 Å². The average molecular weight is 250 g/mol. The van der Waals surface area contributed by atoms with E-state index in [9.17, 15) is 4.79 Å². The van der Waals surface area contributed by atoms with Crippen molar-refractivity contribution in [3.8, 4) is 0 Å². The van der Waals surface area contributed by atoms with Crippen molar-refractivity contribution in [1.29, 1.82) is 0 Å². The van der Waals surface area contributed by atoms with Crippen LogP contribution in [0.5, 0.6) is 0 Å². The van der Waals surface area contributed by atoms with Gasteiger partial charge in [0.2, 0.25) is 5.91 Å². The SMILES string of the molecule is CNCCCC(=O)Nc1cccc(CCCO)c1. The van der Waals surface area contributed by atoms with Crippen molar-refractivity contribution >= 4 is 11.6 Å². The van der Waals surface area contributed by atoms with E-state index in [2.05, 4.69) is 10.6 Å². The molecule has 0 bridgehead atoms. The van der Waals surface area contributed by atoms with Gasteiger partial charge < -0.3 is 15.7 Å². The van der Waals surface area contributed by atoms with Crippen LogP contribution in [-0.2, 0) is 11.2 Å². The van der Waals surface area contributed by atoms with Crippen LogP contribution < -0.4 is 10.6 Å². The smallest absolute Gasteiger partial charge is 0.224 e. The second-order valence-corrected chi connectivity index (χ2v) is 4.28. The molecule has 3 N–H and O–H groups in total. The van der Waals surface area contributed by atoms with Crippen LogP contribution in [0.25, 0.3) is 0 Å². The van der Waals surface area contributed by atoms with Crippen LogP contribution in [0.3, 0.4) is 0 Å². The molecule has 0 radical (unpaired) electrons. The number of carbonyl (C=O) groups is 1. The Bertz CT molecular complexity index is 367. The average Bonchev–Trinajstić information content (AvgIpc) is 2.37. The van der Waals surface area contributed by atoms with Gasteiger partial charge in [-0.25, -0.2) is 0 Å². The molecule has 0 aliphatic heterocycles. The summed E-state index contributed by atoms with van der Waals surface area (Å²) in [6.45, 7) is 1.05. The quantitative estimate of drug-likeness (QED) is 0.613. The molecule has 0 fully saturated rings. The molecule has 0 saturated heterocycles.